The molecule has 3 aromatic rings. The number of aromatic nitrogens is 3. The van der Waals surface area contributed by atoms with Gasteiger partial charge in [0.1, 0.15) is 11.6 Å². The van der Waals surface area contributed by atoms with Crippen LogP contribution in [-0.4, -0.2) is 26.0 Å². The van der Waals surface area contributed by atoms with Gasteiger partial charge in [0.15, 0.2) is 0 Å². The van der Waals surface area contributed by atoms with Crippen molar-refractivity contribution in [3.05, 3.63) is 71.8 Å². The molecule has 0 saturated carbocycles. The van der Waals surface area contributed by atoms with Gasteiger partial charge >= 0.3 is 0 Å². The van der Waals surface area contributed by atoms with Crippen molar-refractivity contribution in [3.8, 4) is 0 Å². The fourth-order valence-corrected chi connectivity index (χ4v) is 2.45. The molecule has 3 heterocycles. The van der Waals surface area contributed by atoms with E-state index < -0.39 is 18.4 Å². The van der Waals surface area contributed by atoms with Crippen LogP contribution in [0.3, 0.4) is 0 Å². The third kappa shape index (κ3) is 4.63. The number of aliphatic hydroxyl groups is 1. The SMILES string of the molecule is CC(O)c1ccncc1NC(=O)c1ccnc(Nc2ccc(C(F)F)cn2)c1. The summed E-state index contributed by atoms with van der Waals surface area (Å²) in [6.45, 7) is 1.59. The van der Waals surface area contributed by atoms with Crippen molar-refractivity contribution in [2.75, 3.05) is 10.6 Å². The van der Waals surface area contributed by atoms with E-state index in [0.717, 1.165) is 6.20 Å². The first kappa shape index (κ1) is 19.3. The van der Waals surface area contributed by atoms with Crippen LogP contribution in [-0.2, 0) is 0 Å². The van der Waals surface area contributed by atoms with E-state index in [1.807, 2.05) is 0 Å². The number of rotatable bonds is 6. The highest BCUT2D eigenvalue weighted by Gasteiger charge is 2.13. The van der Waals surface area contributed by atoms with Gasteiger partial charge in [0.25, 0.3) is 12.3 Å². The maximum absolute atomic E-state index is 12.6. The molecule has 9 heteroatoms. The number of halogens is 2. The van der Waals surface area contributed by atoms with Gasteiger partial charge in [0, 0.05) is 35.3 Å². The zero-order chi connectivity index (χ0) is 20.1. The molecule has 3 aromatic heterocycles. The lowest BCUT2D eigenvalue weighted by Gasteiger charge is -2.13. The Kier molecular flexibility index (Phi) is 5.85. The summed E-state index contributed by atoms with van der Waals surface area (Å²) in [5.74, 6) is 0.228. The monoisotopic (exact) mass is 385 g/mol. The highest BCUT2D eigenvalue weighted by Crippen LogP contribution is 2.23. The molecule has 0 spiro atoms. The highest BCUT2D eigenvalue weighted by atomic mass is 19.3. The zero-order valence-electron chi connectivity index (χ0n) is 14.8. The van der Waals surface area contributed by atoms with E-state index >= 15 is 0 Å². The highest BCUT2D eigenvalue weighted by molar-refractivity contribution is 6.05. The lowest BCUT2D eigenvalue weighted by molar-refractivity contribution is 0.102. The predicted octanol–water partition coefficient (Wildman–Crippen LogP) is 3.86. The van der Waals surface area contributed by atoms with Crippen LogP contribution in [0.1, 0.15) is 40.9 Å². The summed E-state index contributed by atoms with van der Waals surface area (Å²) in [6.07, 6.45) is 2.13. The molecule has 7 nitrogen and oxygen atoms in total. The number of nitrogens with one attached hydrogen (secondary N) is 2. The van der Waals surface area contributed by atoms with Gasteiger partial charge in [0.2, 0.25) is 0 Å². The molecule has 0 bridgehead atoms. The lowest BCUT2D eigenvalue weighted by Crippen LogP contribution is -2.14. The van der Waals surface area contributed by atoms with Crippen LogP contribution in [0.2, 0.25) is 0 Å². The Hall–Kier alpha value is -3.46. The van der Waals surface area contributed by atoms with Crippen LogP contribution >= 0.6 is 0 Å². The van der Waals surface area contributed by atoms with E-state index in [4.69, 9.17) is 0 Å². The van der Waals surface area contributed by atoms with Crippen LogP contribution < -0.4 is 10.6 Å². The fraction of sp³-hybridized carbons (Fsp3) is 0.158. The Labute approximate surface area is 159 Å². The van der Waals surface area contributed by atoms with Crippen molar-refractivity contribution in [1.29, 1.82) is 0 Å². The zero-order valence-corrected chi connectivity index (χ0v) is 14.8. The summed E-state index contributed by atoms with van der Waals surface area (Å²) in [5, 5.41) is 15.4. The number of hydrogen-bond donors (Lipinski definition) is 3. The maximum atomic E-state index is 12.6. The third-order valence-corrected chi connectivity index (χ3v) is 3.87. The van der Waals surface area contributed by atoms with E-state index in [9.17, 15) is 18.7 Å². The van der Waals surface area contributed by atoms with E-state index in [1.165, 1.54) is 42.9 Å². The summed E-state index contributed by atoms with van der Waals surface area (Å²) < 4.78 is 25.2. The molecule has 1 amide bonds. The average molecular weight is 385 g/mol. The third-order valence-electron chi connectivity index (χ3n) is 3.87. The summed E-state index contributed by atoms with van der Waals surface area (Å²) in [6, 6.07) is 7.30. The Morgan fingerprint density at radius 2 is 1.89 bits per heavy atom. The minimum atomic E-state index is -2.59. The minimum Gasteiger partial charge on any atom is -0.389 e. The lowest BCUT2D eigenvalue weighted by atomic mass is 10.1. The molecule has 0 fully saturated rings. The van der Waals surface area contributed by atoms with E-state index in [-0.39, 0.29) is 5.56 Å². The van der Waals surface area contributed by atoms with E-state index in [2.05, 4.69) is 25.6 Å². The summed E-state index contributed by atoms with van der Waals surface area (Å²) >= 11 is 0. The fourth-order valence-electron chi connectivity index (χ4n) is 2.45. The van der Waals surface area contributed by atoms with Gasteiger partial charge in [-0.3, -0.25) is 9.78 Å². The Bertz CT molecular complexity index is 965. The molecule has 0 saturated heterocycles. The van der Waals surface area contributed by atoms with Crippen molar-refractivity contribution in [2.45, 2.75) is 19.5 Å². The minimum absolute atomic E-state index is 0.183. The van der Waals surface area contributed by atoms with Gasteiger partial charge < -0.3 is 15.7 Å². The Morgan fingerprint density at radius 3 is 2.57 bits per heavy atom. The second-order valence-corrected chi connectivity index (χ2v) is 5.93. The summed E-state index contributed by atoms with van der Waals surface area (Å²) in [5.41, 5.74) is 1.07. The number of hydrogen-bond acceptors (Lipinski definition) is 6. The van der Waals surface area contributed by atoms with E-state index in [1.54, 1.807) is 13.0 Å². The molecule has 0 radical (unpaired) electrons. The summed E-state index contributed by atoms with van der Waals surface area (Å²) in [7, 11) is 0. The molecule has 28 heavy (non-hydrogen) atoms. The first-order valence-electron chi connectivity index (χ1n) is 8.34. The number of carbonyl (C=O) groups is 1. The van der Waals surface area contributed by atoms with Gasteiger partial charge in [0.05, 0.1) is 18.0 Å². The molecule has 0 aromatic carbocycles. The summed E-state index contributed by atoms with van der Waals surface area (Å²) in [4.78, 5) is 24.5. The number of nitrogens with zero attached hydrogens (tertiary/aromatic N) is 3. The maximum Gasteiger partial charge on any atom is 0.265 e. The molecule has 3 N–H and O–H groups in total. The number of pyridine rings is 3. The van der Waals surface area contributed by atoms with Crippen molar-refractivity contribution in [1.82, 2.24) is 15.0 Å². The smallest absolute Gasteiger partial charge is 0.265 e. The number of amides is 1. The standard InChI is InChI=1S/C19H17F2N5O2/c1-11(27)14-5-6-22-10-15(14)25-19(28)12-4-7-23-17(8-12)26-16-3-2-13(9-24-16)18(20)21/h2-11,18,27H,1H3,(H,25,28)(H,23,24,26). The van der Waals surface area contributed by atoms with Crippen LogP contribution in [0, 0.1) is 0 Å². The van der Waals surface area contributed by atoms with Gasteiger partial charge in [-0.15, -0.1) is 0 Å². The topological polar surface area (TPSA) is 100 Å². The molecule has 3 rings (SSSR count). The first-order valence-corrected chi connectivity index (χ1v) is 8.34. The second kappa shape index (κ2) is 8.49. The molecule has 1 unspecified atom stereocenters. The Balaban J connectivity index is 1.75. The normalized spacial score (nSPS) is 11.9. The predicted molar refractivity (Wildman–Crippen MR) is 99.5 cm³/mol. The number of alkyl halides is 2. The Morgan fingerprint density at radius 1 is 1.07 bits per heavy atom. The van der Waals surface area contributed by atoms with Gasteiger partial charge in [-0.25, -0.2) is 18.7 Å². The van der Waals surface area contributed by atoms with Crippen molar-refractivity contribution >= 4 is 23.2 Å². The largest absolute Gasteiger partial charge is 0.389 e. The molecule has 1 atom stereocenters. The van der Waals surface area contributed by atoms with Crippen LogP contribution in [0.25, 0.3) is 0 Å². The molecular weight excluding hydrogens is 368 g/mol. The number of carbonyl (C=O) groups excluding carboxylic acids is 1. The van der Waals surface area contributed by atoms with Crippen LogP contribution in [0.5, 0.6) is 0 Å². The molecular formula is C19H17F2N5O2. The van der Waals surface area contributed by atoms with Gasteiger partial charge in [-0.05, 0) is 37.3 Å². The van der Waals surface area contributed by atoms with Crippen molar-refractivity contribution in [2.24, 2.45) is 0 Å². The molecule has 144 valence electrons. The van der Waals surface area contributed by atoms with Crippen molar-refractivity contribution < 1.29 is 18.7 Å². The average Bonchev–Trinajstić information content (AvgIpc) is 2.69. The number of anilines is 3. The van der Waals surface area contributed by atoms with Crippen LogP contribution in [0.4, 0.5) is 26.1 Å². The molecule has 0 aliphatic heterocycles. The molecule has 0 aliphatic carbocycles. The molecule has 0 aliphatic rings. The van der Waals surface area contributed by atoms with Gasteiger partial charge in [-0.2, -0.15) is 0 Å². The second-order valence-electron chi connectivity index (χ2n) is 5.93. The van der Waals surface area contributed by atoms with Gasteiger partial charge in [-0.1, -0.05) is 0 Å². The quantitative estimate of drug-likeness (QED) is 0.596. The van der Waals surface area contributed by atoms with E-state index in [0.29, 0.717) is 28.5 Å². The van der Waals surface area contributed by atoms with Crippen molar-refractivity contribution in [3.63, 3.8) is 0 Å². The number of aliphatic hydroxyl groups excluding tert-OH is 1. The first-order chi connectivity index (χ1) is 13.4. The van der Waals surface area contributed by atoms with Crippen LogP contribution in [0.15, 0.2) is 55.1 Å².